The summed E-state index contributed by atoms with van der Waals surface area (Å²) in [5.74, 6) is -0.411. The van der Waals surface area contributed by atoms with E-state index in [0.717, 1.165) is 6.42 Å². The Morgan fingerprint density at radius 3 is 2.75 bits per heavy atom. The molecule has 0 bridgehead atoms. The lowest BCUT2D eigenvalue weighted by Crippen LogP contribution is -2.62. The average molecular weight is 284 g/mol. The molecule has 114 valence electrons. The summed E-state index contributed by atoms with van der Waals surface area (Å²) >= 11 is 0. The standard InChI is InChI=1S/C14H24N2O4/c1-6-10-20-16-11(3)8-9-15(13(16)18)14(4,5)12(17)19-7-2/h6,11H,1,7-10H2,2-5H3. The first-order chi connectivity index (χ1) is 9.36. The summed E-state index contributed by atoms with van der Waals surface area (Å²) in [5, 5.41) is 1.31. The van der Waals surface area contributed by atoms with Gasteiger partial charge in [-0.05, 0) is 34.1 Å². The number of esters is 1. The lowest BCUT2D eigenvalue weighted by atomic mass is 10.0. The SMILES string of the molecule is C=CCON1C(=O)N(C(C)(C)C(=O)OCC)CCC1C. The van der Waals surface area contributed by atoms with Gasteiger partial charge in [0.2, 0.25) is 0 Å². The Bertz CT molecular complexity index is 381. The zero-order valence-corrected chi connectivity index (χ0v) is 12.7. The van der Waals surface area contributed by atoms with Gasteiger partial charge in [0.1, 0.15) is 5.54 Å². The topological polar surface area (TPSA) is 59.1 Å². The number of rotatable bonds is 6. The van der Waals surface area contributed by atoms with Gasteiger partial charge in [0, 0.05) is 6.54 Å². The van der Waals surface area contributed by atoms with Crippen LogP contribution in [0.25, 0.3) is 0 Å². The van der Waals surface area contributed by atoms with Crippen molar-refractivity contribution < 1.29 is 19.2 Å². The molecule has 6 heteroatoms. The van der Waals surface area contributed by atoms with Gasteiger partial charge in [-0.2, -0.15) is 5.06 Å². The van der Waals surface area contributed by atoms with Gasteiger partial charge in [-0.3, -0.25) is 4.84 Å². The summed E-state index contributed by atoms with van der Waals surface area (Å²) in [6.07, 6.45) is 2.31. The molecular weight excluding hydrogens is 260 g/mol. The van der Waals surface area contributed by atoms with Crippen molar-refractivity contribution in [2.75, 3.05) is 19.8 Å². The molecule has 0 aromatic carbocycles. The minimum Gasteiger partial charge on any atom is -0.464 e. The smallest absolute Gasteiger partial charge is 0.345 e. The zero-order valence-electron chi connectivity index (χ0n) is 12.7. The van der Waals surface area contributed by atoms with Crippen LogP contribution < -0.4 is 0 Å². The van der Waals surface area contributed by atoms with Crippen LogP contribution in [0.2, 0.25) is 0 Å². The first kappa shape index (κ1) is 16.5. The number of amides is 2. The van der Waals surface area contributed by atoms with E-state index in [1.165, 1.54) is 9.96 Å². The maximum absolute atomic E-state index is 12.5. The molecule has 1 fully saturated rings. The van der Waals surface area contributed by atoms with Gasteiger partial charge < -0.3 is 9.64 Å². The minimum atomic E-state index is -1.01. The third kappa shape index (κ3) is 3.30. The maximum Gasteiger partial charge on any atom is 0.345 e. The predicted molar refractivity (Wildman–Crippen MR) is 74.9 cm³/mol. The largest absolute Gasteiger partial charge is 0.464 e. The van der Waals surface area contributed by atoms with E-state index in [4.69, 9.17) is 9.57 Å². The fourth-order valence-electron chi connectivity index (χ4n) is 2.09. The first-order valence-corrected chi connectivity index (χ1v) is 6.88. The highest BCUT2D eigenvalue weighted by molar-refractivity contribution is 5.86. The van der Waals surface area contributed by atoms with Crippen LogP contribution in [0.15, 0.2) is 12.7 Å². The Kier molecular flexibility index (Phi) is 5.56. The van der Waals surface area contributed by atoms with Crippen LogP contribution in [-0.4, -0.2) is 53.3 Å². The van der Waals surface area contributed by atoms with Gasteiger partial charge in [0.15, 0.2) is 0 Å². The molecule has 1 aliphatic rings. The normalized spacial score (nSPS) is 20.0. The predicted octanol–water partition coefficient (Wildman–Crippen LogP) is 1.96. The molecule has 0 N–H and O–H groups in total. The molecule has 1 saturated heterocycles. The molecule has 0 saturated carbocycles. The van der Waals surface area contributed by atoms with Crippen LogP contribution in [0, 0.1) is 0 Å². The number of urea groups is 1. The van der Waals surface area contributed by atoms with Gasteiger partial charge in [0.25, 0.3) is 0 Å². The number of ether oxygens (including phenoxy) is 1. The van der Waals surface area contributed by atoms with Crippen molar-refractivity contribution in [3.63, 3.8) is 0 Å². The van der Waals surface area contributed by atoms with Crippen molar-refractivity contribution in [2.24, 2.45) is 0 Å². The Morgan fingerprint density at radius 2 is 2.20 bits per heavy atom. The van der Waals surface area contributed by atoms with Crippen molar-refractivity contribution in [1.82, 2.24) is 9.96 Å². The van der Waals surface area contributed by atoms with Crippen molar-refractivity contribution in [1.29, 1.82) is 0 Å². The highest BCUT2D eigenvalue weighted by Gasteiger charge is 2.44. The summed E-state index contributed by atoms with van der Waals surface area (Å²) in [4.78, 5) is 31.4. The van der Waals surface area contributed by atoms with Crippen molar-refractivity contribution in [3.8, 4) is 0 Å². The fourth-order valence-corrected chi connectivity index (χ4v) is 2.09. The van der Waals surface area contributed by atoms with Crippen molar-refractivity contribution >= 4 is 12.0 Å². The van der Waals surface area contributed by atoms with E-state index in [1.807, 2.05) is 6.92 Å². The molecule has 1 heterocycles. The Labute approximate surface area is 120 Å². The van der Waals surface area contributed by atoms with Gasteiger partial charge in [-0.25, -0.2) is 9.59 Å². The van der Waals surface area contributed by atoms with E-state index in [2.05, 4.69) is 6.58 Å². The van der Waals surface area contributed by atoms with Crippen LogP contribution in [0.1, 0.15) is 34.1 Å². The van der Waals surface area contributed by atoms with Crippen molar-refractivity contribution in [2.45, 2.75) is 45.7 Å². The number of hydrogen-bond acceptors (Lipinski definition) is 4. The molecule has 1 unspecified atom stereocenters. The Morgan fingerprint density at radius 1 is 1.55 bits per heavy atom. The first-order valence-electron chi connectivity index (χ1n) is 6.88. The molecule has 1 atom stereocenters. The molecule has 6 nitrogen and oxygen atoms in total. The van der Waals surface area contributed by atoms with Gasteiger partial charge in [-0.1, -0.05) is 6.08 Å². The van der Waals surface area contributed by atoms with Crippen LogP contribution in [0.5, 0.6) is 0 Å². The van der Waals surface area contributed by atoms with E-state index in [1.54, 1.807) is 26.8 Å². The third-order valence-corrected chi connectivity index (χ3v) is 3.37. The van der Waals surface area contributed by atoms with Gasteiger partial charge in [0.05, 0.1) is 19.3 Å². The second-order valence-electron chi connectivity index (χ2n) is 5.26. The van der Waals surface area contributed by atoms with E-state index < -0.39 is 11.5 Å². The van der Waals surface area contributed by atoms with E-state index in [-0.39, 0.29) is 25.3 Å². The third-order valence-electron chi connectivity index (χ3n) is 3.37. The van der Waals surface area contributed by atoms with E-state index in [0.29, 0.717) is 6.54 Å². The van der Waals surface area contributed by atoms with Crippen LogP contribution in [0.4, 0.5) is 4.79 Å². The molecule has 0 radical (unpaired) electrons. The van der Waals surface area contributed by atoms with Gasteiger partial charge in [-0.15, -0.1) is 6.58 Å². The molecule has 2 amide bonds. The second-order valence-corrected chi connectivity index (χ2v) is 5.26. The number of nitrogens with zero attached hydrogens (tertiary/aromatic N) is 2. The summed E-state index contributed by atoms with van der Waals surface area (Å²) in [6, 6.07) is -0.347. The van der Waals surface area contributed by atoms with Crippen molar-refractivity contribution in [3.05, 3.63) is 12.7 Å². The Hall–Kier alpha value is -1.56. The Balaban J connectivity index is 2.87. The molecule has 0 aromatic rings. The van der Waals surface area contributed by atoms with Crippen LogP contribution >= 0.6 is 0 Å². The number of hydrogen-bond donors (Lipinski definition) is 0. The molecule has 0 spiro atoms. The quantitative estimate of drug-likeness (QED) is 0.552. The molecule has 1 rings (SSSR count). The van der Waals surface area contributed by atoms with Gasteiger partial charge >= 0.3 is 12.0 Å². The van der Waals surface area contributed by atoms with E-state index >= 15 is 0 Å². The number of carbonyl (C=O) groups is 2. The molecule has 0 aromatic heterocycles. The molecular formula is C14H24N2O4. The summed E-state index contributed by atoms with van der Waals surface area (Å²) < 4.78 is 5.04. The summed E-state index contributed by atoms with van der Waals surface area (Å²) in [5.41, 5.74) is -1.01. The highest BCUT2D eigenvalue weighted by atomic mass is 16.7. The highest BCUT2D eigenvalue weighted by Crippen LogP contribution is 2.25. The minimum absolute atomic E-state index is 0.0308. The number of hydroxylamine groups is 2. The molecule has 1 aliphatic heterocycles. The second kappa shape index (κ2) is 6.74. The number of carbonyl (C=O) groups excluding carboxylic acids is 2. The lowest BCUT2D eigenvalue weighted by molar-refractivity contribution is -0.171. The van der Waals surface area contributed by atoms with Crippen LogP contribution in [0.3, 0.4) is 0 Å². The monoisotopic (exact) mass is 284 g/mol. The summed E-state index contributed by atoms with van der Waals surface area (Å²) in [6.45, 7) is 11.6. The summed E-state index contributed by atoms with van der Waals surface area (Å²) in [7, 11) is 0. The lowest BCUT2D eigenvalue weighted by Gasteiger charge is -2.44. The molecule has 0 aliphatic carbocycles. The average Bonchev–Trinajstić information content (AvgIpc) is 2.38. The van der Waals surface area contributed by atoms with E-state index in [9.17, 15) is 9.59 Å². The fraction of sp³-hybridized carbons (Fsp3) is 0.714. The maximum atomic E-state index is 12.5. The van der Waals surface area contributed by atoms with Crippen LogP contribution in [-0.2, 0) is 14.4 Å². The zero-order chi connectivity index (χ0) is 15.3. The molecule has 20 heavy (non-hydrogen) atoms.